The van der Waals surface area contributed by atoms with Gasteiger partial charge < -0.3 is 9.47 Å². The van der Waals surface area contributed by atoms with Crippen LogP contribution in [0.15, 0.2) is 24.3 Å². The summed E-state index contributed by atoms with van der Waals surface area (Å²) in [6, 6.07) is 6.64. The van der Waals surface area contributed by atoms with E-state index in [1.807, 2.05) is 4.57 Å². The molecule has 2 aromatic rings. The Hall–Kier alpha value is -2.54. The van der Waals surface area contributed by atoms with Crippen LogP contribution in [0.2, 0.25) is 5.02 Å². The molecule has 0 aliphatic carbocycles. The van der Waals surface area contributed by atoms with Crippen molar-refractivity contribution in [1.82, 2.24) is 9.55 Å². The monoisotopic (exact) mass is 363 g/mol. The number of carbonyl (C=O) groups excluding carboxylic acids is 2. The van der Waals surface area contributed by atoms with Gasteiger partial charge in [0, 0.05) is 30.6 Å². The normalized spacial score (nSPS) is 13.1. The molecule has 0 saturated heterocycles. The number of hydrogen-bond acceptors (Lipinski definition) is 5. The molecule has 1 aromatic carbocycles. The molecule has 7 nitrogen and oxygen atoms in total. The van der Waals surface area contributed by atoms with Gasteiger partial charge in [-0.25, -0.2) is 9.78 Å². The first-order chi connectivity index (χ1) is 12.0. The molecule has 25 heavy (non-hydrogen) atoms. The van der Waals surface area contributed by atoms with Gasteiger partial charge in [-0.05, 0) is 31.0 Å². The maximum Gasteiger partial charge on any atom is 0.514 e. The number of anilines is 1. The molecule has 1 aliphatic heterocycles. The highest BCUT2D eigenvalue weighted by molar-refractivity contribution is 6.31. The zero-order valence-corrected chi connectivity index (χ0v) is 14.7. The molecular weight excluding hydrogens is 346 g/mol. The van der Waals surface area contributed by atoms with Crippen molar-refractivity contribution < 1.29 is 19.1 Å². The van der Waals surface area contributed by atoms with Crippen molar-refractivity contribution in [2.45, 2.75) is 25.8 Å². The summed E-state index contributed by atoms with van der Waals surface area (Å²) in [6.07, 6.45) is 1.86. The van der Waals surface area contributed by atoms with Crippen LogP contribution in [0.3, 0.4) is 0 Å². The van der Waals surface area contributed by atoms with Gasteiger partial charge in [-0.15, -0.1) is 0 Å². The number of imidazole rings is 1. The van der Waals surface area contributed by atoms with Gasteiger partial charge in [0.2, 0.25) is 0 Å². The molecular formula is C17H18ClN3O4. The molecule has 1 aliphatic rings. The molecule has 0 atom stereocenters. The Balaban J connectivity index is 1.98. The van der Waals surface area contributed by atoms with Crippen LogP contribution in [0, 0.1) is 0 Å². The lowest BCUT2D eigenvalue weighted by atomic mass is 10.2. The van der Waals surface area contributed by atoms with E-state index in [9.17, 15) is 9.59 Å². The molecule has 0 bridgehead atoms. The van der Waals surface area contributed by atoms with Crippen LogP contribution in [0.25, 0.3) is 0 Å². The maximum atomic E-state index is 12.8. The summed E-state index contributed by atoms with van der Waals surface area (Å²) in [5.74, 6) is 0.991. The molecule has 2 heterocycles. The number of ether oxygens (including phenoxy) is 2. The molecule has 3 rings (SSSR count). The Morgan fingerprint density at radius 1 is 1.32 bits per heavy atom. The summed E-state index contributed by atoms with van der Waals surface area (Å²) < 4.78 is 11.7. The minimum Gasteiger partial charge on any atom is -0.437 e. The molecule has 1 amide bonds. The number of aryl methyl sites for hydroxylation is 1. The van der Waals surface area contributed by atoms with Crippen molar-refractivity contribution >= 4 is 29.5 Å². The number of aromatic nitrogens is 2. The summed E-state index contributed by atoms with van der Waals surface area (Å²) >= 11 is 5.96. The van der Waals surface area contributed by atoms with Crippen molar-refractivity contribution in [3.63, 3.8) is 0 Å². The second kappa shape index (κ2) is 7.14. The number of rotatable bonds is 3. The number of carbonyl (C=O) groups is 2. The van der Waals surface area contributed by atoms with E-state index in [2.05, 4.69) is 9.72 Å². The van der Waals surface area contributed by atoms with E-state index in [0.29, 0.717) is 17.1 Å². The smallest absolute Gasteiger partial charge is 0.437 e. The zero-order chi connectivity index (χ0) is 18.0. The van der Waals surface area contributed by atoms with Crippen LogP contribution < -0.4 is 9.64 Å². The summed E-state index contributed by atoms with van der Waals surface area (Å²) in [5.41, 5.74) is 0.421. The Labute approximate surface area is 150 Å². The highest BCUT2D eigenvalue weighted by Gasteiger charge is 2.28. The number of halogens is 1. The van der Waals surface area contributed by atoms with Crippen molar-refractivity contribution in [3.05, 3.63) is 40.7 Å². The number of methoxy groups -OCH3 is 1. The predicted octanol–water partition coefficient (Wildman–Crippen LogP) is 3.29. The van der Waals surface area contributed by atoms with Gasteiger partial charge in [0.25, 0.3) is 11.8 Å². The van der Waals surface area contributed by atoms with Gasteiger partial charge in [-0.2, -0.15) is 0 Å². The van der Waals surface area contributed by atoms with E-state index in [0.717, 1.165) is 25.1 Å². The number of nitrogens with zero attached hydrogens (tertiary/aromatic N) is 3. The fourth-order valence-corrected chi connectivity index (χ4v) is 2.98. The Kier molecular flexibility index (Phi) is 4.94. The van der Waals surface area contributed by atoms with Gasteiger partial charge in [-0.3, -0.25) is 14.3 Å². The highest BCUT2D eigenvalue weighted by Crippen LogP contribution is 2.33. The first-order valence-corrected chi connectivity index (χ1v) is 8.28. The van der Waals surface area contributed by atoms with Crippen molar-refractivity contribution in [2.24, 2.45) is 0 Å². The number of hydrogen-bond donors (Lipinski definition) is 0. The van der Waals surface area contributed by atoms with Gasteiger partial charge in [0.1, 0.15) is 5.82 Å². The van der Waals surface area contributed by atoms with Gasteiger partial charge in [-0.1, -0.05) is 17.7 Å². The Morgan fingerprint density at radius 3 is 2.84 bits per heavy atom. The Morgan fingerprint density at radius 2 is 2.12 bits per heavy atom. The first kappa shape index (κ1) is 17.3. The summed E-state index contributed by atoms with van der Waals surface area (Å²) in [5, 5.41) is 0.467. The third-order valence-electron chi connectivity index (χ3n) is 4.06. The first-order valence-electron chi connectivity index (χ1n) is 7.90. The van der Waals surface area contributed by atoms with E-state index >= 15 is 0 Å². The number of fused-ring (bicyclic) bond motifs is 1. The van der Waals surface area contributed by atoms with Crippen LogP contribution in [0.5, 0.6) is 5.88 Å². The average molecular weight is 364 g/mol. The minimum atomic E-state index is -0.849. The van der Waals surface area contributed by atoms with E-state index in [1.165, 1.54) is 12.0 Å². The second-order valence-electron chi connectivity index (χ2n) is 5.70. The second-order valence-corrected chi connectivity index (χ2v) is 6.13. The zero-order valence-electron chi connectivity index (χ0n) is 14.0. The molecule has 0 spiro atoms. The molecule has 8 heteroatoms. The van der Waals surface area contributed by atoms with Crippen LogP contribution in [-0.2, 0) is 17.7 Å². The van der Waals surface area contributed by atoms with Crippen LogP contribution in [0.4, 0.5) is 10.6 Å². The molecule has 0 unspecified atom stereocenters. The molecule has 0 N–H and O–H groups in total. The lowest BCUT2D eigenvalue weighted by Gasteiger charge is -2.18. The van der Waals surface area contributed by atoms with Crippen LogP contribution in [-0.4, -0.2) is 35.8 Å². The van der Waals surface area contributed by atoms with Crippen molar-refractivity contribution in [2.75, 3.05) is 19.1 Å². The van der Waals surface area contributed by atoms with Crippen molar-refractivity contribution in [1.29, 1.82) is 0 Å². The molecule has 1 aromatic heterocycles. The van der Waals surface area contributed by atoms with Gasteiger partial charge in [0.15, 0.2) is 5.82 Å². The summed E-state index contributed by atoms with van der Waals surface area (Å²) in [6.45, 7) is 0.674. The topological polar surface area (TPSA) is 73.7 Å². The SMILES string of the molecule is COC(=O)Oc1c(N(C)C(=O)c2cccc(Cl)c2)nc2n1CCCC2. The minimum absolute atomic E-state index is 0.222. The maximum absolute atomic E-state index is 12.8. The van der Waals surface area contributed by atoms with E-state index < -0.39 is 6.16 Å². The number of amides is 1. The highest BCUT2D eigenvalue weighted by atomic mass is 35.5. The number of benzene rings is 1. The lowest BCUT2D eigenvalue weighted by molar-refractivity contribution is 0.0987. The van der Waals surface area contributed by atoms with Gasteiger partial charge in [0.05, 0.1) is 7.11 Å². The predicted molar refractivity (Wildman–Crippen MR) is 92.4 cm³/mol. The van der Waals surface area contributed by atoms with Crippen molar-refractivity contribution in [3.8, 4) is 5.88 Å². The summed E-state index contributed by atoms with van der Waals surface area (Å²) in [4.78, 5) is 30.2. The quantitative estimate of drug-likeness (QED) is 0.782. The largest absolute Gasteiger partial charge is 0.514 e. The van der Waals surface area contributed by atoms with Gasteiger partial charge >= 0.3 is 6.16 Å². The third kappa shape index (κ3) is 3.46. The summed E-state index contributed by atoms with van der Waals surface area (Å²) in [7, 11) is 2.82. The average Bonchev–Trinajstić information content (AvgIpc) is 2.99. The Bertz CT molecular complexity index is 818. The standard InChI is InChI=1S/C17H18ClN3O4/c1-20(15(22)11-6-5-7-12(18)10-11)14-16(25-17(23)24-2)21-9-4-3-8-13(21)19-14/h5-7,10H,3-4,8-9H2,1-2H3. The third-order valence-corrected chi connectivity index (χ3v) is 4.29. The fraction of sp³-hybridized carbons (Fsp3) is 0.353. The molecule has 0 fully saturated rings. The van der Waals surface area contributed by atoms with Crippen LogP contribution in [0.1, 0.15) is 29.0 Å². The fourth-order valence-electron chi connectivity index (χ4n) is 2.79. The molecule has 0 radical (unpaired) electrons. The lowest BCUT2D eigenvalue weighted by Crippen LogP contribution is -2.27. The van der Waals surface area contributed by atoms with E-state index in [1.54, 1.807) is 31.3 Å². The molecule has 132 valence electrons. The van der Waals surface area contributed by atoms with E-state index in [4.69, 9.17) is 16.3 Å². The molecule has 0 saturated carbocycles. The van der Waals surface area contributed by atoms with Crippen LogP contribution >= 0.6 is 11.6 Å². The van der Waals surface area contributed by atoms with E-state index in [-0.39, 0.29) is 17.6 Å².